The second-order valence-corrected chi connectivity index (χ2v) is 8.57. The Hall–Kier alpha value is -2.85. The Morgan fingerprint density at radius 3 is 2.47 bits per heavy atom. The lowest BCUT2D eigenvalue weighted by molar-refractivity contribution is 0.105. The third kappa shape index (κ3) is 5.61. The van der Waals surface area contributed by atoms with E-state index in [-0.39, 0.29) is 5.78 Å². The number of benzene rings is 2. The number of carbonyl (C=O) groups is 1. The first-order valence-electron chi connectivity index (χ1n) is 10.2. The lowest BCUT2D eigenvalue weighted by atomic mass is 10.0. The Labute approximate surface area is 183 Å². The van der Waals surface area contributed by atoms with E-state index < -0.39 is 0 Å². The number of hydrogen-bond donors (Lipinski definition) is 0. The van der Waals surface area contributed by atoms with Crippen molar-refractivity contribution in [3.63, 3.8) is 0 Å². The zero-order chi connectivity index (χ0) is 21.5. The molecule has 0 saturated carbocycles. The van der Waals surface area contributed by atoms with Crippen LogP contribution in [0.4, 0.5) is 0 Å². The van der Waals surface area contributed by atoms with Crippen molar-refractivity contribution >= 4 is 23.2 Å². The molecular formula is C26H28O3S. The highest BCUT2D eigenvalue weighted by Crippen LogP contribution is 2.25. The lowest BCUT2D eigenvalue weighted by Gasteiger charge is -2.12. The van der Waals surface area contributed by atoms with Gasteiger partial charge in [0.15, 0.2) is 5.78 Å². The monoisotopic (exact) mass is 420 g/mol. The molecule has 0 spiro atoms. The lowest BCUT2D eigenvalue weighted by Crippen LogP contribution is -2.00. The predicted octanol–water partition coefficient (Wildman–Crippen LogP) is 6.92. The number of aryl methyl sites for hydroxylation is 1. The first-order valence-corrected chi connectivity index (χ1v) is 11.0. The van der Waals surface area contributed by atoms with Crippen molar-refractivity contribution in [2.75, 3.05) is 7.11 Å². The molecule has 0 aliphatic heterocycles. The molecule has 0 fully saturated rings. The van der Waals surface area contributed by atoms with Gasteiger partial charge in [0.25, 0.3) is 0 Å². The zero-order valence-corrected chi connectivity index (χ0v) is 18.8. The third-order valence-electron chi connectivity index (χ3n) is 4.93. The van der Waals surface area contributed by atoms with Crippen LogP contribution in [0.25, 0.3) is 6.08 Å². The van der Waals surface area contributed by atoms with Crippen LogP contribution in [0.2, 0.25) is 0 Å². The molecule has 0 saturated heterocycles. The number of ether oxygens (including phenoxy) is 2. The Kier molecular flexibility index (Phi) is 7.47. The average Bonchev–Trinajstić information content (AvgIpc) is 3.26. The zero-order valence-electron chi connectivity index (χ0n) is 18.0. The second kappa shape index (κ2) is 10.3. The van der Waals surface area contributed by atoms with E-state index in [0.29, 0.717) is 12.5 Å². The first-order chi connectivity index (χ1) is 14.5. The molecule has 0 bridgehead atoms. The highest BCUT2D eigenvalue weighted by Gasteiger charge is 2.08. The summed E-state index contributed by atoms with van der Waals surface area (Å²) >= 11 is 1.55. The highest BCUT2D eigenvalue weighted by atomic mass is 32.1. The number of methoxy groups -OCH3 is 1. The predicted molar refractivity (Wildman–Crippen MR) is 125 cm³/mol. The van der Waals surface area contributed by atoms with E-state index in [2.05, 4.69) is 32.9 Å². The SMILES string of the molecule is CCc1ccc(C(=O)/C=C/c2ccc(OC)c(COc3ccc(C(C)C)cc3)c2)s1. The minimum Gasteiger partial charge on any atom is -0.496 e. The van der Waals surface area contributed by atoms with Gasteiger partial charge in [-0.3, -0.25) is 4.79 Å². The van der Waals surface area contributed by atoms with Gasteiger partial charge in [0.05, 0.1) is 12.0 Å². The summed E-state index contributed by atoms with van der Waals surface area (Å²) in [4.78, 5) is 14.4. The van der Waals surface area contributed by atoms with Gasteiger partial charge in [0.1, 0.15) is 18.1 Å². The van der Waals surface area contributed by atoms with E-state index in [1.165, 1.54) is 10.4 Å². The number of carbonyl (C=O) groups excluding carboxylic acids is 1. The van der Waals surface area contributed by atoms with Crippen molar-refractivity contribution in [3.8, 4) is 11.5 Å². The normalized spacial score (nSPS) is 11.2. The smallest absolute Gasteiger partial charge is 0.195 e. The van der Waals surface area contributed by atoms with Gasteiger partial charge in [-0.15, -0.1) is 11.3 Å². The van der Waals surface area contributed by atoms with E-state index in [1.807, 2.05) is 48.5 Å². The van der Waals surface area contributed by atoms with Crippen LogP contribution in [0.1, 0.15) is 57.9 Å². The molecule has 156 valence electrons. The molecule has 0 aliphatic rings. The molecule has 3 nitrogen and oxygen atoms in total. The van der Waals surface area contributed by atoms with Crippen LogP contribution < -0.4 is 9.47 Å². The fraction of sp³-hybridized carbons (Fsp3) is 0.269. The largest absolute Gasteiger partial charge is 0.496 e. The van der Waals surface area contributed by atoms with E-state index in [9.17, 15) is 4.79 Å². The van der Waals surface area contributed by atoms with Gasteiger partial charge in [-0.1, -0.05) is 45.0 Å². The van der Waals surface area contributed by atoms with Crippen LogP contribution in [0.5, 0.6) is 11.5 Å². The summed E-state index contributed by atoms with van der Waals surface area (Å²) in [6.45, 7) is 6.83. The third-order valence-corrected chi connectivity index (χ3v) is 6.17. The van der Waals surface area contributed by atoms with Crippen LogP contribution in [-0.2, 0) is 13.0 Å². The summed E-state index contributed by atoms with van der Waals surface area (Å²) < 4.78 is 11.4. The molecule has 3 rings (SSSR count). The van der Waals surface area contributed by atoms with Gasteiger partial charge in [-0.25, -0.2) is 0 Å². The molecule has 0 atom stereocenters. The molecule has 2 aromatic carbocycles. The summed E-state index contributed by atoms with van der Waals surface area (Å²) in [5, 5.41) is 0. The van der Waals surface area contributed by atoms with Crippen LogP contribution in [0.15, 0.2) is 60.7 Å². The van der Waals surface area contributed by atoms with E-state index >= 15 is 0 Å². The Balaban J connectivity index is 1.70. The standard InChI is InChI=1S/C26H28O3S/c1-5-23-12-15-26(30-23)24(27)13-6-19-7-14-25(28-4)21(16-19)17-29-22-10-8-20(9-11-22)18(2)3/h6-16,18H,5,17H2,1-4H3/b13-6+. The molecule has 0 amide bonds. The summed E-state index contributed by atoms with van der Waals surface area (Å²) in [5.41, 5.74) is 3.16. The Bertz CT molecular complexity index is 1010. The van der Waals surface area contributed by atoms with Crippen LogP contribution in [0.3, 0.4) is 0 Å². The number of rotatable bonds is 9. The molecule has 0 aliphatic carbocycles. The van der Waals surface area contributed by atoms with Crippen molar-refractivity contribution < 1.29 is 14.3 Å². The maximum absolute atomic E-state index is 12.4. The Morgan fingerprint density at radius 1 is 1.07 bits per heavy atom. The molecule has 30 heavy (non-hydrogen) atoms. The van der Waals surface area contributed by atoms with Gasteiger partial charge in [-0.05, 0) is 65.9 Å². The Morgan fingerprint density at radius 2 is 1.83 bits per heavy atom. The molecule has 0 radical (unpaired) electrons. The van der Waals surface area contributed by atoms with Crippen molar-refractivity contribution in [1.29, 1.82) is 0 Å². The molecule has 0 N–H and O–H groups in total. The minimum atomic E-state index is 0.0264. The second-order valence-electron chi connectivity index (χ2n) is 7.40. The first kappa shape index (κ1) is 21.8. The van der Waals surface area contributed by atoms with E-state index in [0.717, 1.165) is 33.9 Å². The summed E-state index contributed by atoms with van der Waals surface area (Å²) in [6, 6.07) is 17.9. The average molecular weight is 421 g/mol. The number of thiophene rings is 1. The van der Waals surface area contributed by atoms with Gasteiger partial charge in [0.2, 0.25) is 0 Å². The van der Waals surface area contributed by atoms with Gasteiger partial charge in [0, 0.05) is 10.4 Å². The molecule has 1 aromatic heterocycles. The van der Waals surface area contributed by atoms with Crippen LogP contribution in [0, 0.1) is 0 Å². The molecular weight excluding hydrogens is 392 g/mol. The van der Waals surface area contributed by atoms with Gasteiger partial charge < -0.3 is 9.47 Å². The maximum Gasteiger partial charge on any atom is 0.195 e. The van der Waals surface area contributed by atoms with Crippen molar-refractivity contribution in [2.45, 2.75) is 39.7 Å². The topological polar surface area (TPSA) is 35.5 Å². The van der Waals surface area contributed by atoms with E-state index in [4.69, 9.17) is 9.47 Å². The van der Waals surface area contributed by atoms with Crippen molar-refractivity contribution in [3.05, 3.63) is 87.1 Å². The fourth-order valence-electron chi connectivity index (χ4n) is 3.08. The van der Waals surface area contributed by atoms with Gasteiger partial charge >= 0.3 is 0 Å². The summed E-state index contributed by atoms with van der Waals surface area (Å²) in [6.07, 6.45) is 4.42. The molecule has 3 aromatic rings. The number of ketones is 1. The fourth-order valence-corrected chi connectivity index (χ4v) is 3.95. The van der Waals surface area contributed by atoms with Crippen molar-refractivity contribution in [1.82, 2.24) is 0 Å². The quantitative estimate of drug-likeness (QED) is 0.278. The number of allylic oxidation sites excluding steroid dienone is 1. The molecule has 1 heterocycles. The van der Waals surface area contributed by atoms with Gasteiger partial charge in [-0.2, -0.15) is 0 Å². The van der Waals surface area contributed by atoms with Crippen LogP contribution >= 0.6 is 11.3 Å². The van der Waals surface area contributed by atoms with Crippen molar-refractivity contribution in [2.24, 2.45) is 0 Å². The minimum absolute atomic E-state index is 0.0264. The molecule has 0 unspecified atom stereocenters. The summed E-state index contributed by atoms with van der Waals surface area (Å²) in [5.74, 6) is 2.11. The molecule has 4 heteroatoms. The number of hydrogen-bond acceptors (Lipinski definition) is 4. The maximum atomic E-state index is 12.4. The van der Waals surface area contributed by atoms with Crippen LogP contribution in [-0.4, -0.2) is 12.9 Å². The van der Waals surface area contributed by atoms with E-state index in [1.54, 1.807) is 24.5 Å². The summed E-state index contributed by atoms with van der Waals surface area (Å²) in [7, 11) is 1.65. The highest BCUT2D eigenvalue weighted by molar-refractivity contribution is 7.14.